The van der Waals surface area contributed by atoms with Crippen LogP contribution in [0.25, 0.3) is 0 Å². The largest absolute Gasteiger partial charge is 0.0928 e. The molecule has 0 aliphatic carbocycles. The Morgan fingerprint density at radius 1 is 1.67 bits per heavy atom. The predicted molar refractivity (Wildman–Crippen MR) is 36.8 cm³/mol. The molecule has 0 spiro atoms. The Morgan fingerprint density at radius 2 is 2.17 bits per heavy atom. The fraction of sp³-hybridized carbons (Fsp3) is 1.00. The summed E-state index contributed by atoms with van der Waals surface area (Å²) >= 11 is 6.72. The van der Waals surface area contributed by atoms with Crippen LogP contribution in [0.2, 0.25) is 0 Å². The summed E-state index contributed by atoms with van der Waals surface area (Å²) in [5.41, 5.74) is 0. The molecule has 1 atom stereocenters. The van der Waals surface area contributed by atoms with Crippen molar-refractivity contribution in [2.24, 2.45) is 0 Å². The van der Waals surface area contributed by atoms with E-state index in [0.717, 1.165) is 5.33 Å². The van der Waals surface area contributed by atoms with Gasteiger partial charge in [-0.2, -0.15) is 0 Å². The molecule has 0 radical (unpaired) electrons. The Bertz CT molecular complexity index is 26.7. The average Bonchev–Trinajstić information content (AvgIpc) is 1.35. The lowest BCUT2D eigenvalue weighted by atomic mass is 10.4. The molecule has 0 fully saturated rings. The maximum Gasteiger partial charge on any atom is 0.0125 e. The predicted octanol–water partition coefficient (Wildman–Crippen LogP) is 2.55. The number of hydrogen-bond donors (Lipinski definition) is 0. The van der Waals surface area contributed by atoms with Crippen molar-refractivity contribution in [3.05, 3.63) is 0 Å². The molecule has 0 aromatic heterocycles. The second-order valence-electron chi connectivity index (χ2n) is 1.26. The smallest absolute Gasteiger partial charge is 0.0125 e. The van der Waals surface area contributed by atoms with Crippen molar-refractivity contribution in [2.75, 3.05) is 5.33 Å². The Balaban J connectivity index is 2.63. The molecule has 0 heterocycles. The van der Waals surface area contributed by atoms with E-state index in [1.54, 1.807) is 0 Å². The molecule has 0 N–H and O–H groups in total. The van der Waals surface area contributed by atoms with Crippen molar-refractivity contribution >= 4 is 31.9 Å². The molecule has 6 heavy (non-hydrogen) atoms. The molecule has 0 bridgehead atoms. The van der Waals surface area contributed by atoms with Gasteiger partial charge in [0.1, 0.15) is 0 Å². The normalized spacial score (nSPS) is 14.5. The second kappa shape index (κ2) is 4.13. The first-order valence-corrected chi connectivity index (χ1v) is 4.01. The standard InChI is InChI=1S/C4H8Br2/c1-4(6)2-3-5/h4H,2-3H2,1H3/t4-/m0/s1. The number of rotatable bonds is 2. The van der Waals surface area contributed by atoms with Crippen molar-refractivity contribution in [2.45, 2.75) is 18.2 Å². The highest BCUT2D eigenvalue weighted by atomic mass is 79.9. The van der Waals surface area contributed by atoms with Crippen LogP contribution in [-0.4, -0.2) is 10.2 Å². The summed E-state index contributed by atoms with van der Waals surface area (Å²) in [6.07, 6.45) is 1.21. The summed E-state index contributed by atoms with van der Waals surface area (Å²) in [6.45, 7) is 2.14. The lowest BCUT2D eigenvalue weighted by Crippen LogP contribution is -1.87. The van der Waals surface area contributed by atoms with Crippen molar-refractivity contribution in [1.29, 1.82) is 0 Å². The highest BCUT2D eigenvalue weighted by Crippen LogP contribution is 2.03. The summed E-state index contributed by atoms with van der Waals surface area (Å²) in [4.78, 5) is 0.664. The van der Waals surface area contributed by atoms with Gasteiger partial charge in [-0.15, -0.1) is 0 Å². The van der Waals surface area contributed by atoms with Crippen molar-refractivity contribution in [1.82, 2.24) is 0 Å². The van der Waals surface area contributed by atoms with E-state index in [9.17, 15) is 0 Å². The second-order valence-corrected chi connectivity index (χ2v) is 3.61. The van der Waals surface area contributed by atoms with Crippen molar-refractivity contribution in [3.63, 3.8) is 0 Å². The van der Waals surface area contributed by atoms with Gasteiger partial charge in [-0.25, -0.2) is 0 Å². The summed E-state index contributed by atoms with van der Waals surface area (Å²) < 4.78 is 0. The Hall–Kier alpha value is 0.960. The van der Waals surface area contributed by atoms with E-state index < -0.39 is 0 Å². The van der Waals surface area contributed by atoms with Crippen LogP contribution in [0.4, 0.5) is 0 Å². The maximum atomic E-state index is 3.40. The molecule has 0 nitrogen and oxygen atoms in total. The van der Waals surface area contributed by atoms with E-state index in [2.05, 4.69) is 38.8 Å². The summed E-state index contributed by atoms with van der Waals surface area (Å²) in [5, 5.41) is 1.10. The third-order valence-electron chi connectivity index (χ3n) is 0.507. The molecule has 0 saturated heterocycles. The zero-order valence-electron chi connectivity index (χ0n) is 3.75. The van der Waals surface area contributed by atoms with E-state index >= 15 is 0 Å². The van der Waals surface area contributed by atoms with Crippen LogP contribution in [0.5, 0.6) is 0 Å². The lowest BCUT2D eigenvalue weighted by molar-refractivity contribution is 0.939. The number of halogens is 2. The fourth-order valence-electron chi connectivity index (χ4n) is 0.150. The van der Waals surface area contributed by atoms with Crippen LogP contribution in [-0.2, 0) is 0 Å². The van der Waals surface area contributed by atoms with Crippen molar-refractivity contribution in [3.8, 4) is 0 Å². The van der Waals surface area contributed by atoms with Gasteiger partial charge in [0.05, 0.1) is 0 Å². The highest BCUT2D eigenvalue weighted by Gasteiger charge is 1.88. The van der Waals surface area contributed by atoms with Gasteiger partial charge in [-0.3, -0.25) is 0 Å². The third-order valence-corrected chi connectivity index (χ3v) is 1.42. The van der Waals surface area contributed by atoms with Gasteiger partial charge >= 0.3 is 0 Å². The van der Waals surface area contributed by atoms with Gasteiger partial charge in [0.2, 0.25) is 0 Å². The summed E-state index contributed by atoms with van der Waals surface area (Å²) in [7, 11) is 0. The molecule has 2 heteroatoms. The van der Waals surface area contributed by atoms with Crippen LogP contribution >= 0.6 is 31.9 Å². The zero-order chi connectivity index (χ0) is 4.99. The van der Waals surface area contributed by atoms with Gasteiger partial charge < -0.3 is 0 Å². The molecule has 38 valence electrons. The molecular weight excluding hydrogens is 208 g/mol. The van der Waals surface area contributed by atoms with E-state index in [1.807, 2.05) is 0 Å². The van der Waals surface area contributed by atoms with E-state index in [0.29, 0.717) is 4.83 Å². The molecule has 0 rings (SSSR count). The maximum absolute atomic E-state index is 3.40. The minimum atomic E-state index is 0.664. The van der Waals surface area contributed by atoms with Crippen LogP contribution in [0.3, 0.4) is 0 Å². The molecule has 0 aromatic rings. The van der Waals surface area contributed by atoms with E-state index in [4.69, 9.17) is 0 Å². The summed E-state index contributed by atoms with van der Waals surface area (Å²) in [6, 6.07) is 0. The average molecular weight is 216 g/mol. The van der Waals surface area contributed by atoms with Gasteiger partial charge in [-0.05, 0) is 6.42 Å². The molecule has 0 saturated carbocycles. The first-order valence-electron chi connectivity index (χ1n) is 1.97. The number of alkyl halides is 2. The third kappa shape index (κ3) is 4.96. The number of hydrogen-bond acceptors (Lipinski definition) is 0. The van der Waals surface area contributed by atoms with Crippen LogP contribution < -0.4 is 0 Å². The lowest BCUT2D eigenvalue weighted by Gasteiger charge is -1.92. The zero-order valence-corrected chi connectivity index (χ0v) is 6.92. The first-order chi connectivity index (χ1) is 2.77. The van der Waals surface area contributed by atoms with Crippen LogP contribution in [0.1, 0.15) is 13.3 Å². The monoisotopic (exact) mass is 214 g/mol. The van der Waals surface area contributed by atoms with E-state index in [-0.39, 0.29) is 0 Å². The molecule has 0 aliphatic heterocycles. The SMILES string of the molecule is C[C@H](Br)CCBr. The molecule has 0 aliphatic rings. The molecule has 0 unspecified atom stereocenters. The van der Waals surface area contributed by atoms with Crippen LogP contribution in [0, 0.1) is 0 Å². The van der Waals surface area contributed by atoms with E-state index in [1.165, 1.54) is 6.42 Å². The van der Waals surface area contributed by atoms with Crippen molar-refractivity contribution < 1.29 is 0 Å². The minimum Gasteiger partial charge on any atom is -0.0928 e. The Morgan fingerprint density at radius 3 is 2.17 bits per heavy atom. The molecule has 0 aromatic carbocycles. The van der Waals surface area contributed by atoms with Crippen LogP contribution in [0.15, 0.2) is 0 Å². The topological polar surface area (TPSA) is 0 Å². The molecular formula is C4H8Br2. The Labute approximate surface area is 55.6 Å². The first kappa shape index (κ1) is 6.96. The fourth-order valence-corrected chi connectivity index (χ4v) is 1.68. The quantitative estimate of drug-likeness (QED) is 0.622. The molecule has 0 amide bonds. The summed E-state index contributed by atoms with van der Waals surface area (Å²) in [5.74, 6) is 0. The van der Waals surface area contributed by atoms with Gasteiger partial charge in [0.25, 0.3) is 0 Å². The van der Waals surface area contributed by atoms with Gasteiger partial charge in [0.15, 0.2) is 0 Å². The highest BCUT2D eigenvalue weighted by molar-refractivity contribution is 9.10. The van der Waals surface area contributed by atoms with Gasteiger partial charge in [0, 0.05) is 10.2 Å². The Kier molecular flexibility index (Phi) is 4.79. The minimum absolute atomic E-state index is 0.664. The van der Waals surface area contributed by atoms with Gasteiger partial charge in [-0.1, -0.05) is 38.8 Å².